The third-order valence-corrected chi connectivity index (χ3v) is 2.96. The maximum Gasteiger partial charge on any atom is 0.416 e. The van der Waals surface area contributed by atoms with Crippen molar-refractivity contribution in [3.63, 3.8) is 0 Å². The summed E-state index contributed by atoms with van der Waals surface area (Å²) in [4.78, 5) is 0. The average Bonchev–Trinajstić information content (AvgIpc) is 2.28. The van der Waals surface area contributed by atoms with Gasteiger partial charge in [-0.25, -0.2) is 4.39 Å². The summed E-state index contributed by atoms with van der Waals surface area (Å²) in [5.41, 5.74) is 6.34. The Balaban J connectivity index is 3.22. The van der Waals surface area contributed by atoms with E-state index in [4.69, 9.17) is 17.3 Å². The van der Waals surface area contributed by atoms with Crippen LogP contribution in [-0.4, -0.2) is 6.54 Å². The fraction of sp³-hybridized carbons (Fsp3) is 0.333. The van der Waals surface area contributed by atoms with Crippen molar-refractivity contribution in [2.75, 3.05) is 6.54 Å². The van der Waals surface area contributed by atoms with Crippen molar-refractivity contribution in [1.82, 2.24) is 0 Å². The van der Waals surface area contributed by atoms with Gasteiger partial charge in [-0.15, -0.1) is 0 Å². The van der Waals surface area contributed by atoms with E-state index in [9.17, 15) is 17.6 Å². The molecule has 0 spiro atoms. The van der Waals surface area contributed by atoms with Crippen molar-refractivity contribution in [1.29, 1.82) is 0 Å². The largest absolute Gasteiger partial charge is 0.416 e. The minimum atomic E-state index is -4.58. The molecule has 0 amide bonds. The summed E-state index contributed by atoms with van der Waals surface area (Å²) in [6, 6.07) is 2.42. The normalized spacial score (nSPS) is 14.7. The minimum Gasteiger partial charge on any atom is -0.327 e. The Labute approximate surface area is 107 Å². The van der Waals surface area contributed by atoms with Crippen molar-refractivity contribution in [3.8, 4) is 0 Å². The van der Waals surface area contributed by atoms with Gasteiger partial charge in [0.25, 0.3) is 0 Å². The molecule has 100 valence electrons. The maximum atomic E-state index is 13.2. The highest BCUT2D eigenvalue weighted by Gasteiger charge is 2.31. The van der Waals surface area contributed by atoms with Crippen LogP contribution in [0, 0.1) is 5.82 Å². The Bertz CT molecular complexity index is 454. The Morgan fingerprint density at radius 1 is 1.39 bits per heavy atom. The quantitative estimate of drug-likeness (QED) is 0.832. The monoisotopic (exact) mass is 281 g/mol. The van der Waals surface area contributed by atoms with E-state index in [0.29, 0.717) is 11.6 Å². The number of hydrogen-bond donors (Lipinski definition) is 1. The molecule has 0 aliphatic carbocycles. The summed E-state index contributed by atoms with van der Waals surface area (Å²) in [6.45, 7) is 1.72. The molecule has 0 radical (unpaired) electrons. The van der Waals surface area contributed by atoms with Crippen LogP contribution in [0.3, 0.4) is 0 Å². The van der Waals surface area contributed by atoms with Crippen molar-refractivity contribution in [3.05, 3.63) is 46.3 Å². The molecule has 0 bridgehead atoms. The first-order valence-electron chi connectivity index (χ1n) is 5.16. The Hall–Kier alpha value is -1.07. The number of rotatable bonds is 3. The van der Waals surface area contributed by atoms with Gasteiger partial charge in [0.15, 0.2) is 0 Å². The lowest BCUT2D eigenvalue weighted by molar-refractivity contribution is -0.137. The van der Waals surface area contributed by atoms with E-state index in [0.717, 1.165) is 12.1 Å². The van der Waals surface area contributed by atoms with Gasteiger partial charge in [0.2, 0.25) is 0 Å². The first-order chi connectivity index (χ1) is 8.29. The highest BCUT2D eigenvalue weighted by molar-refractivity contribution is 6.25. The highest BCUT2D eigenvalue weighted by atomic mass is 35.5. The number of halogens is 5. The Kier molecular flexibility index (Phi) is 4.76. The molecule has 2 N–H and O–H groups in total. The van der Waals surface area contributed by atoms with Gasteiger partial charge in [-0.1, -0.05) is 18.5 Å². The topological polar surface area (TPSA) is 26.0 Å². The van der Waals surface area contributed by atoms with Gasteiger partial charge in [-0.3, -0.25) is 0 Å². The van der Waals surface area contributed by atoms with E-state index < -0.39 is 23.5 Å². The molecule has 18 heavy (non-hydrogen) atoms. The van der Waals surface area contributed by atoms with Crippen molar-refractivity contribution in [2.45, 2.75) is 19.0 Å². The zero-order valence-corrected chi connectivity index (χ0v) is 10.3. The lowest BCUT2D eigenvalue weighted by atomic mass is 9.92. The first kappa shape index (κ1) is 15.0. The summed E-state index contributed by atoms with van der Waals surface area (Å²) >= 11 is 5.52. The molecule has 0 fully saturated rings. The number of hydrogen-bond acceptors (Lipinski definition) is 1. The molecule has 6 heteroatoms. The molecule has 0 aliphatic rings. The maximum absolute atomic E-state index is 13.2. The molecule has 1 aromatic carbocycles. The molecule has 0 heterocycles. The molecule has 0 aliphatic heterocycles. The van der Waals surface area contributed by atoms with Crippen LogP contribution in [0.5, 0.6) is 0 Å². The standard InChI is InChI=1S/C12H12ClF4N/c1-7(9(5-13)6-18)8-2-10(12(15,16)17)4-11(14)3-8/h2-5,7H,6,18H2,1H3/b9-5+. The van der Waals surface area contributed by atoms with Crippen LogP contribution in [0.25, 0.3) is 0 Å². The van der Waals surface area contributed by atoms with Gasteiger partial charge in [0, 0.05) is 18.0 Å². The molecule has 0 saturated carbocycles. The summed E-state index contributed by atoms with van der Waals surface area (Å²) in [5.74, 6) is -1.40. The molecule has 1 rings (SSSR count). The lowest BCUT2D eigenvalue weighted by Crippen LogP contribution is -2.11. The molecule has 1 aromatic rings. The van der Waals surface area contributed by atoms with Crippen LogP contribution in [0.4, 0.5) is 17.6 Å². The predicted molar refractivity (Wildman–Crippen MR) is 62.8 cm³/mol. The molecule has 0 aromatic heterocycles. The van der Waals surface area contributed by atoms with E-state index in [-0.39, 0.29) is 12.1 Å². The summed E-state index contributed by atoms with van der Waals surface area (Å²) < 4.78 is 50.8. The van der Waals surface area contributed by atoms with Crippen LogP contribution in [-0.2, 0) is 6.18 Å². The molecular weight excluding hydrogens is 270 g/mol. The summed E-state index contributed by atoms with van der Waals surface area (Å²) in [7, 11) is 0. The van der Waals surface area contributed by atoms with Crippen LogP contribution in [0.15, 0.2) is 29.3 Å². The van der Waals surface area contributed by atoms with E-state index in [2.05, 4.69) is 0 Å². The molecule has 0 saturated heterocycles. The van der Waals surface area contributed by atoms with Crippen molar-refractivity contribution >= 4 is 11.6 Å². The highest BCUT2D eigenvalue weighted by Crippen LogP contribution is 2.33. The molecule has 1 atom stereocenters. The van der Waals surface area contributed by atoms with E-state index >= 15 is 0 Å². The second-order valence-corrected chi connectivity index (χ2v) is 4.10. The van der Waals surface area contributed by atoms with Gasteiger partial charge in [-0.05, 0) is 29.3 Å². The number of alkyl halides is 3. The van der Waals surface area contributed by atoms with Gasteiger partial charge in [0.05, 0.1) is 5.56 Å². The fourth-order valence-corrected chi connectivity index (χ4v) is 1.83. The Morgan fingerprint density at radius 2 is 2.00 bits per heavy atom. The van der Waals surface area contributed by atoms with Crippen LogP contribution < -0.4 is 5.73 Å². The number of benzene rings is 1. The summed E-state index contributed by atoms with van der Waals surface area (Å²) in [6.07, 6.45) is -4.58. The zero-order chi connectivity index (χ0) is 13.9. The lowest BCUT2D eigenvalue weighted by Gasteiger charge is -2.16. The second kappa shape index (κ2) is 5.71. The zero-order valence-electron chi connectivity index (χ0n) is 9.56. The minimum absolute atomic E-state index is 0.0997. The van der Waals surface area contributed by atoms with Gasteiger partial charge >= 0.3 is 6.18 Å². The molecular formula is C12H12ClF4N. The van der Waals surface area contributed by atoms with Gasteiger partial charge in [0.1, 0.15) is 5.82 Å². The van der Waals surface area contributed by atoms with Crippen molar-refractivity contribution in [2.24, 2.45) is 5.73 Å². The number of nitrogens with two attached hydrogens (primary N) is 1. The molecule has 1 nitrogen and oxygen atoms in total. The SMILES string of the molecule is CC(/C(=C/Cl)CN)c1cc(F)cc(C(F)(F)F)c1. The van der Waals surface area contributed by atoms with Crippen LogP contribution >= 0.6 is 11.6 Å². The van der Waals surface area contributed by atoms with E-state index in [1.165, 1.54) is 5.54 Å². The van der Waals surface area contributed by atoms with Crippen molar-refractivity contribution < 1.29 is 17.6 Å². The van der Waals surface area contributed by atoms with Crippen LogP contribution in [0.2, 0.25) is 0 Å². The first-order valence-corrected chi connectivity index (χ1v) is 5.60. The fourth-order valence-electron chi connectivity index (χ4n) is 1.56. The average molecular weight is 282 g/mol. The second-order valence-electron chi connectivity index (χ2n) is 3.88. The van der Waals surface area contributed by atoms with Crippen LogP contribution in [0.1, 0.15) is 24.0 Å². The third kappa shape index (κ3) is 3.46. The smallest absolute Gasteiger partial charge is 0.327 e. The molecule has 1 unspecified atom stereocenters. The Morgan fingerprint density at radius 3 is 2.44 bits per heavy atom. The van der Waals surface area contributed by atoms with Gasteiger partial charge < -0.3 is 5.73 Å². The van der Waals surface area contributed by atoms with E-state index in [1.54, 1.807) is 6.92 Å². The van der Waals surface area contributed by atoms with E-state index in [1.807, 2.05) is 0 Å². The van der Waals surface area contributed by atoms with Gasteiger partial charge in [-0.2, -0.15) is 13.2 Å². The predicted octanol–water partition coefficient (Wildman–Crippen LogP) is 4.03. The summed E-state index contributed by atoms with van der Waals surface area (Å²) in [5, 5.41) is 0. The third-order valence-electron chi connectivity index (χ3n) is 2.68.